The number of hydrogen-bond acceptors (Lipinski definition) is 3. The highest BCUT2D eigenvalue weighted by molar-refractivity contribution is 5.89. The average molecular weight is 303 g/mol. The van der Waals surface area contributed by atoms with E-state index in [2.05, 4.69) is 26.1 Å². The van der Waals surface area contributed by atoms with Gasteiger partial charge in [0.2, 0.25) is 5.91 Å². The molecule has 22 heavy (non-hydrogen) atoms. The molecule has 0 saturated heterocycles. The molecule has 2 atom stereocenters. The van der Waals surface area contributed by atoms with Crippen LogP contribution < -0.4 is 5.32 Å². The topological polar surface area (TPSA) is 47.6 Å². The molecule has 1 heterocycles. The van der Waals surface area contributed by atoms with Gasteiger partial charge in [0.15, 0.2) is 0 Å². The fraction of sp³-hybridized carbons (Fsp3) is 0.500. The Morgan fingerprint density at radius 1 is 1.27 bits per heavy atom. The number of nitrogens with one attached hydrogen (secondary N) is 1. The van der Waals surface area contributed by atoms with Crippen LogP contribution in [0.25, 0.3) is 0 Å². The maximum Gasteiger partial charge on any atom is 0.247 e. The Morgan fingerprint density at radius 2 is 1.95 bits per heavy atom. The van der Waals surface area contributed by atoms with E-state index in [0.29, 0.717) is 18.8 Å². The van der Waals surface area contributed by atoms with Crippen molar-refractivity contribution in [1.82, 2.24) is 5.32 Å². The summed E-state index contributed by atoms with van der Waals surface area (Å²) in [5, 5.41) is 3.00. The normalized spacial score (nSPS) is 20.1. The summed E-state index contributed by atoms with van der Waals surface area (Å²) < 4.78 is 11.4. The van der Waals surface area contributed by atoms with Crippen LogP contribution in [0.3, 0.4) is 0 Å². The summed E-state index contributed by atoms with van der Waals surface area (Å²) in [7, 11) is 1.60. The van der Waals surface area contributed by atoms with Gasteiger partial charge in [0.25, 0.3) is 0 Å². The molecule has 0 spiro atoms. The summed E-state index contributed by atoms with van der Waals surface area (Å²) >= 11 is 0. The Balaban J connectivity index is 2.10. The average Bonchev–Trinajstić information content (AvgIpc) is 2.46. The highest BCUT2D eigenvalue weighted by Crippen LogP contribution is 2.30. The number of carbonyl (C=O) groups is 1. The molecular weight excluding hydrogens is 278 g/mol. The number of hydrogen-bond donors (Lipinski definition) is 1. The third kappa shape index (κ3) is 4.34. The van der Waals surface area contributed by atoms with Crippen molar-refractivity contribution in [3.8, 4) is 0 Å². The summed E-state index contributed by atoms with van der Waals surface area (Å²) in [5.41, 5.74) is 1.03. The van der Waals surface area contributed by atoms with Gasteiger partial charge in [0.1, 0.15) is 5.76 Å². The standard InChI is InChI=1S/C18H25NO3/c1-18(2,3)17(22-12-13-8-6-5-7-9-13)15-10-14(21-4)11-16(20)19-15/h5-9,11,15,17H,10,12H2,1-4H3,(H,19,20)/t15-,17-/m1/s1. The van der Waals surface area contributed by atoms with Gasteiger partial charge >= 0.3 is 0 Å². The zero-order valence-corrected chi connectivity index (χ0v) is 13.8. The molecule has 0 unspecified atom stereocenters. The highest BCUT2D eigenvalue weighted by atomic mass is 16.5. The van der Waals surface area contributed by atoms with E-state index >= 15 is 0 Å². The van der Waals surface area contributed by atoms with Gasteiger partial charge in [0.05, 0.1) is 25.9 Å². The first-order valence-electron chi connectivity index (χ1n) is 7.60. The minimum atomic E-state index is -0.120. The molecule has 1 N–H and O–H groups in total. The van der Waals surface area contributed by atoms with Gasteiger partial charge in [-0.2, -0.15) is 0 Å². The molecule has 1 aromatic rings. The summed E-state index contributed by atoms with van der Waals surface area (Å²) in [6, 6.07) is 9.98. The first-order valence-corrected chi connectivity index (χ1v) is 7.60. The number of carbonyl (C=O) groups excluding carboxylic acids is 1. The van der Waals surface area contributed by atoms with Crippen LogP contribution in [0.5, 0.6) is 0 Å². The van der Waals surface area contributed by atoms with Crippen LogP contribution in [0, 0.1) is 5.41 Å². The smallest absolute Gasteiger partial charge is 0.247 e. The Labute approximate surface area is 132 Å². The fourth-order valence-corrected chi connectivity index (χ4v) is 2.75. The molecule has 0 saturated carbocycles. The Kier molecular flexibility index (Phi) is 5.24. The molecule has 4 heteroatoms. The van der Waals surface area contributed by atoms with Crippen molar-refractivity contribution in [2.75, 3.05) is 7.11 Å². The number of methoxy groups -OCH3 is 1. The Morgan fingerprint density at radius 3 is 2.55 bits per heavy atom. The Bertz CT molecular complexity index is 531. The molecule has 1 amide bonds. The van der Waals surface area contributed by atoms with E-state index in [1.807, 2.05) is 30.3 Å². The fourth-order valence-electron chi connectivity index (χ4n) is 2.75. The predicted molar refractivity (Wildman–Crippen MR) is 86.1 cm³/mol. The van der Waals surface area contributed by atoms with Gasteiger partial charge in [-0.15, -0.1) is 0 Å². The molecular formula is C18H25NO3. The van der Waals surface area contributed by atoms with Crippen molar-refractivity contribution in [3.63, 3.8) is 0 Å². The first-order chi connectivity index (χ1) is 10.4. The summed E-state index contributed by atoms with van der Waals surface area (Å²) in [6.07, 6.45) is 2.06. The van der Waals surface area contributed by atoms with Gasteiger partial charge in [-0.25, -0.2) is 0 Å². The van der Waals surface area contributed by atoms with Gasteiger partial charge in [0, 0.05) is 12.5 Å². The maximum absolute atomic E-state index is 11.8. The van der Waals surface area contributed by atoms with Crippen molar-refractivity contribution in [2.45, 2.75) is 45.9 Å². The maximum atomic E-state index is 11.8. The quantitative estimate of drug-likeness (QED) is 0.909. The van der Waals surface area contributed by atoms with Crippen molar-refractivity contribution in [1.29, 1.82) is 0 Å². The molecule has 0 fully saturated rings. The van der Waals surface area contributed by atoms with E-state index in [-0.39, 0.29) is 23.5 Å². The number of benzene rings is 1. The lowest BCUT2D eigenvalue weighted by atomic mass is 9.82. The molecule has 0 bridgehead atoms. The van der Waals surface area contributed by atoms with Crippen LogP contribution in [0.2, 0.25) is 0 Å². The minimum Gasteiger partial charge on any atom is -0.501 e. The molecule has 1 aromatic carbocycles. The number of rotatable bonds is 5. The molecule has 2 rings (SSSR count). The van der Waals surface area contributed by atoms with Crippen LogP contribution in [0.4, 0.5) is 0 Å². The van der Waals surface area contributed by atoms with E-state index in [1.54, 1.807) is 7.11 Å². The second-order valence-electron chi connectivity index (χ2n) is 6.72. The van der Waals surface area contributed by atoms with Crippen molar-refractivity contribution in [2.24, 2.45) is 5.41 Å². The second-order valence-corrected chi connectivity index (χ2v) is 6.72. The van der Waals surface area contributed by atoms with E-state index in [1.165, 1.54) is 6.08 Å². The van der Waals surface area contributed by atoms with Crippen molar-refractivity contribution >= 4 is 5.91 Å². The lowest BCUT2D eigenvalue weighted by Crippen LogP contribution is -2.51. The zero-order chi connectivity index (χ0) is 16.2. The van der Waals surface area contributed by atoms with Crippen LogP contribution in [0.1, 0.15) is 32.8 Å². The molecule has 120 valence electrons. The molecule has 0 aliphatic carbocycles. The van der Waals surface area contributed by atoms with Gasteiger partial charge in [-0.3, -0.25) is 4.79 Å². The largest absolute Gasteiger partial charge is 0.501 e. The number of amides is 1. The minimum absolute atomic E-state index is 0.0869. The molecule has 1 aliphatic rings. The van der Waals surface area contributed by atoms with Gasteiger partial charge < -0.3 is 14.8 Å². The monoisotopic (exact) mass is 303 g/mol. The first kappa shape index (κ1) is 16.6. The molecule has 0 radical (unpaired) electrons. The van der Waals surface area contributed by atoms with E-state index in [4.69, 9.17) is 9.47 Å². The van der Waals surface area contributed by atoms with Crippen LogP contribution in [0.15, 0.2) is 42.2 Å². The summed E-state index contributed by atoms with van der Waals surface area (Å²) in [6.45, 7) is 6.90. The second kappa shape index (κ2) is 6.97. The molecule has 0 aromatic heterocycles. The molecule has 1 aliphatic heterocycles. The van der Waals surface area contributed by atoms with Gasteiger partial charge in [-0.05, 0) is 11.0 Å². The third-order valence-corrected chi connectivity index (χ3v) is 3.79. The summed E-state index contributed by atoms with van der Waals surface area (Å²) in [5.74, 6) is 0.581. The zero-order valence-electron chi connectivity index (χ0n) is 13.8. The lowest BCUT2D eigenvalue weighted by Gasteiger charge is -2.38. The third-order valence-electron chi connectivity index (χ3n) is 3.79. The molecule has 4 nitrogen and oxygen atoms in total. The van der Waals surface area contributed by atoms with Crippen molar-refractivity contribution < 1.29 is 14.3 Å². The number of ether oxygens (including phenoxy) is 2. The summed E-state index contributed by atoms with van der Waals surface area (Å²) in [4.78, 5) is 11.8. The van der Waals surface area contributed by atoms with Crippen molar-refractivity contribution in [3.05, 3.63) is 47.7 Å². The van der Waals surface area contributed by atoms with E-state index in [0.717, 1.165) is 5.56 Å². The Hall–Kier alpha value is -1.81. The van der Waals surface area contributed by atoms with Crippen LogP contribution >= 0.6 is 0 Å². The van der Waals surface area contributed by atoms with E-state index < -0.39 is 0 Å². The van der Waals surface area contributed by atoms with Gasteiger partial charge in [-0.1, -0.05) is 51.1 Å². The predicted octanol–water partition coefficient (Wildman–Crippen LogP) is 3.04. The SMILES string of the molecule is COC1=CC(=O)N[C@@H]([C@@H](OCc2ccccc2)C(C)(C)C)C1. The van der Waals surface area contributed by atoms with Crippen LogP contribution in [-0.2, 0) is 20.9 Å². The highest BCUT2D eigenvalue weighted by Gasteiger charge is 2.36. The van der Waals surface area contributed by atoms with Crippen LogP contribution in [-0.4, -0.2) is 25.2 Å². The van der Waals surface area contributed by atoms with E-state index in [9.17, 15) is 4.79 Å². The lowest BCUT2D eigenvalue weighted by molar-refractivity contribution is -0.121.